The van der Waals surface area contributed by atoms with E-state index in [1.165, 1.54) is 4.90 Å². The summed E-state index contributed by atoms with van der Waals surface area (Å²) in [6.07, 6.45) is 8.92. The number of ketones is 1. The molecule has 4 heterocycles. The number of fused-ring (bicyclic) bond motifs is 3. The number of nitrogens with zero attached hydrogens (tertiary/aromatic N) is 4. The van der Waals surface area contributed by atoms with Gasteiger partial charge in [0.25, 0.3) is 0 Å². The summed E-state index contributed by atoms with van der Waals surface area (Å²) in [5, 5.41) is -0.596. The SMILES string of the molecule is CC[C@@H]1C[C@H](C)CC/C=C\[C@@H]2C[C@@]2(C(=O)NS(=O)(=O)C2CC2)CC(=O)[C@@H]2C[C@@H](Oc3nc4cccnc4nc3C)CN2C(=O)[C@H]1CC(=O)OC(C)(C)C. The fourth-order valence-electron chi connectivity index (χ4n) is 8.03. The van der Waals surface area contributed by atoms with Crippen LogP contribution in [0.1, 0.15) is 105 Å². The summed E-state index contributed by atoms with van der Waals surface area (Å²) < 4.78 is 40.2. The molecular weight excluding hydrogens is 699 g/mol. The van der Waals surface area contributed by atoms with Crippen LogP contribution in [0.25, 0.3) is 11.2 Å². The molecule has 0 bridgehead atoms. The number of amides is 2. The Morgan fingerprint density at radius 2 is 1.87 bits per heavy atom. The Kier molecular flexibility index (Phi) is 11.0. The molecule has 2 amide bonds. The predicted molar refractivity (Wildman–Crippen MR) is 197 cm³/mol. The molecule has 4 aliphatic rings. The molecule has 6 rings (SSSR count). The van der Waals surface area contributed by atoms with Crippen LogP contribution < -0.4 is 9.46 Å². The molecule has 0 aromatic carbocycles. The van der Waals surface area contributed by atoms with E-state index in [4.69, 9.17) is 9.47 Å². The third-order valence-electron chi connectivity index (χ3n) is 11.2. The Morgan fingerprint density at radius 1 is 1.11 bits per heavy atom. The van der Waals surface area contributed by atoms with E-state index in [0.29, 0.717) is 49.0 Å². The highest BCUT2D eigenvalue weighted by atomic mass is 32.2. The van der Waals surface area contributed by atoms with Crippen molar-refractivity contribution in [3.05, 3.63) is 36.2 Å². The van der Waals surface area contributed by atoms with E-state index in [2.05, 4.69) is 26.6 Å². The topological polar surface area (TPSA) is 175 Å². The minimum atomic E-state index is -3.85. The molecule has 2 aliphatic carbocycles. The van der Waals surface area contributed by atoms with Gasteiger partial charge in [-0.2, -0.15) is 0 Å². The lowest BCUT2D eigenvalue weighted by molar-refractivity contribution is -0.160. The van der Waals surface area contributed by atoms with Crippen molar-refractivity contribution in [2.45, 2.75) is 129 Å². The smallest absolute Gasteiger partial charge is 0.307 e. The number of Topliss-reactive ketones (excluding diaryl/α,β-unsaturated/α-hetero) is 1. The van der Waals surface area contributed by atoms with Crippen LogP contribution in [0, 0.1) is 36.0 Å². The van der Waals surface area contributed by atoms with Crippen molar-refractivity contribution >= 4 is 44.8 Å². The number of pyridine rings is 1. The molecule has 0 spiro atoms. The fraction of sp³-hybridized carbons (Fsp3) is 0.667. The lowest BCUT2D eigenvalue weighted by atomic mass is 9.79. The maximum Gasteiger partial charge on any atom is 0.307 e. The number of rotatable bonds is 8. The Balaban J connectivity index is 1.35. The molecule has 288 valence electrons. The molecule has 2 saturated carbocycles. The van der Waals surface area contributed by atoms with E-state index in [9.17, 15) is 27.6 Å². The second-order valence-corrected chi connectivity index (χ2v) is 18.6. The molecule has 2 aromatic rings. The summed E-state index contributed by atoms with van der Waals surface area (Å²) in [5.74, 6) is -2.58. The largest absolute Gasteiger partial charge is 0.471 e. The number of sulfonamides is 1. The molecule has 1 saturated heterocycles. The van der Waals surface area contributed by atoms with Crippen molar-refractivity contribution in [1.29, 1.82) is 0 Å². The number of hydrogen-bond donors (Lipinski definition) is 1. The molecule has 7 atom stereocenters. The van der Waals surface area contributed by atoms with Crippen LogP contribution in [-0.4, -0.2) is 81.4 Å². The quantitative estimate of drug-likeness (QED) is 0.284. The molecule has 13 nitrogen and oxygen atoms in total. The number of hydrogen-bond acceptors (Lipinski definition) is 11. The number of nitrogens with one attached hydrogen (secondary N) is 1. The number of allylic oxidation sites excluding steroid dienone is 2. The minimum Gasteiger partial charge on any atom is -0.471 e. The summed E-state index contributed by atoms with van der Waals surface area (Å²) in [5.41, 5.74) is -0.492. The Morgan fingerprint density at radius 3 is 2.57 bits per heavy atom. The molecule has 3 fully saturated rings. The summed E-state index contributed by atoms with van der Waals surface area (Å²) in [6.45, 7) is 11.3. The number of carbonyl (C=O) groups excluding carboxylic acids is 4. The van der Waals surface area contributed by atoms with Crippen LogP contribution in [0.5, 0.6) is 5.88 Å². The lowest BCUT2D eigenvalue weighted by Gasteiger charge is -2.33. The van der Waals surface area contributed by atoms with Crippen LogP contribution in [-0.2, 0) is 33.9 Å². The summed E-state index contributed by atoms with van der Waals surface area (Å²) >= 11 is 0. The molecule has 2 aromatic heterocycles. The Bertz CT molecular complexity index is 1890. The third-order valence-corrected chi connectivity index (χ3v) is 13.0. The number of aromatic nitrogens is 3. The highest BCUT2D eigenvalue weighted by molar-refractivity contribution is 7.90. The summed E-state index contributed by atoms with van der Waals surface area (Å²) in [4.78, 5) is 71.6. The highest BCUT2D eigenvalue weighted by Crippen LogP contribution is 2.57. The second-order valence-electron chi connectivity index (χ2n) is 16.6. The van der Waals surface area contributed by atoms with E-state index in [-0.39, 0.29) is 61.1 Å². The van der Waals surface area contributed by atoms with Gasteiger partial charge in [0.15, 0.2) is 11.4 Å². The van der Waals surface area contributed by atoms with Crippen LogP contribution >= 0.6 is 0 Å². The van der Waals surface area contributed by atoms with Gasteiger partial charge in [0.1, 0.15) is 22.9 Å². The van der Waals surface area contributed by atoms with Crippen molar-refractivity contribution in [1.82, 2.24) is 24.6 Å². The first-order valence-electron chi connectivity index (χ1n) is 19.0. The van der Waals surface area contributed by atoms with E-state index in [1.807, 2.05) is 19.1 Å². The van der Waals surface area contributed by atoms with E-state index < -0.39 is 56.2 Å². The van der Waals surface area contributed by atoms with Gasteiger partial charge in [-0.15, -0.1) is 0 Å². The van der Waals surface area contributed by atoms with Crippen LogP contribution in [0.15, 0.2) is 30.5 Å². The monoisotopic (exact) mass is 751 g/mol. The normalized spacial score (nSPS) is 30.4. The third kappa shape index (κ3) is 8.90. The highest BCUT2D eigenvalue weighted by Gasteiger charge is 2.61. The first kappa shape index (κ1) is 38.8. The van der Waals surface area contributed by atoms with Crippen molar-refractivity contribution in [3.63, 3.8) is 0 Å². The van der Waals surface area contributed by atoms with Crippen molar-refractivity contribution in [2.75, 3.05) is 6.54 Å². The number of carbonyl (C=O) groups is 4. The molecular formula is C39H53N5O8S. The number of aryl methyl sites for hydroxylation is 1. The van der Waals surface area contributed by atoms with Crippen molar-refractivity contribution in [2.24, 2.45) is 29.1 Å². The van der Waals surface area contributed by atoms with Gasteiger partial charge in [-0.05, 0) is 96.1 Å². The van der Waals surface area contributed by atoms with Gasteiger partial charge in [0, 0.05) is 19.0 Å². The minimum absolute atomic E-state index is 0.0524. The van der Waals surface area contributed by atoms with Crippen LogP contribution in [0.3, 0.4) is 0 Å². The van der Waals surface area contributed by atoms with Gasteiger partial charge < -0.3 is 14.4 Å². The van der Waals surface area contributed by atoms with Crippen molar-refractivity contribution < 1.29 is 37.1 Å². The van der Waals surface area contributed by atoms with Gasteiger partial charge in [0.2, 0.25) is 27.7 Å². The van der Waals surface area contributed by atoms with Gasteiger partial charge in [-0.1, -0.05) is 32.4 Å². The summed E-state index contributed by atoms with van der Waals surface area (Å²) in [7, 11) is -3.85. The number of esters is 1. The van der Waals surface area contributed by atoms with Crippen LogP contribution in [0.4, 0.5) is 0 Å². The first-order valence-corrected chi connectivity index (χ1v) is 20.6. The maximum atomic E-state index is 14.9. The maximum absolute atomic E-state index is 14.9. The molecule has 0 unspecified atom stereocenters. The zero-order valence-corrected chi connectivity index (χ0v) is 32.5. The Labute approximate surface area is 312 Å². The number of ether oxygens (including phenoxy) is 2. The van der Waals surface area contributed by atoms with E-state index >= 15 is 0 Å². The average Bonchev–Trinajstić information content (AvgIpc) is 4.00. The van der Waals surface area contributed by atoms with Gasteiger partial charge in [0.05, 0.1) is 35.6 Å². The molecule has 53 heavy (non-hydrogen) atoms. The zero-order valence-electron chi connectivity index (χ0n) is 31.7. The molecule has 1 N–H and O–H groups in total. The first-order chi connectivity index (χ1) is 25.0. The molecule has 14 heteroatoms. The average molecular weight is 752 g/mol. The van der Waals surface area contributed by atoms with Gasteiger partial charge in [-0.3, -0.25) is 23.9 Å². The van der Waals surface area contributed by atoms with Crippen molar-refractivity contribution in [3.8, 4) is 5.88 Å². The zero-order chi connectivity index (χ0) is 38.3. The van der Waals surface area contributed by atoms with Gasteiger partial charge >= 0.3 is 5.97 Å². The predicted octanol–water partition coefficient (Wildman–Crippen LogP) is 5.01. The van der Waals surface area contributed by atoms with Crippen LogP contribution in [0.2, 0.25) is 0 Å². The standard InChI is InChI=1S/C39H53N5O8S/c1-7-25-17-23(2)11-8-9-12-26-20-39(26,37(48)43-53(49,50)28-14-15-28)21-32(45)31-18-27(51-35-24(3)41-34-30(42-35)13-10-16-40-34)22-44(31)36(47)29(25)19-33(46)52-38(4,5)6/h9-10,12-13,16,23,25-29,31H,7-8,11,14-15,17-22H2,1-6H3,(H,43,48)/b12-9-/t23-,25-,26-,27-,29+,31+,39-/m1/s1. The van der Waals surface area contributed by atoms with E-state index in [0.717, 1.165) is 12.8 Å². The fourth-order valence-corrected chi connectivity index (χ4v) is 9.42. The summed E-state index contributed by atoms with van der Waals surface area (Å²) in [6, 6.07) is 2.55. The van der Waals surface area contributed by atoms with E-state index in [1.54, 1.807) is 46.0 Å². The lowest BCUT2D eigenvalue weighted by Crippen LogP contribution is -2.48. The van der Waals surface area contributed by atoms with Gasteiger partial charge in [-0.25, -0.2) is 23.4 Å². The molecule has 0 radical (unpaired) electrons. The second kappa shape index (κ2) is 15.1. The molecule has 2 aliphatic heterocycles. The Hall–Kier alpha value is -3.94.